The molecule has 0 bridgehead atoms. The molecule has 2 fully saturated rings. The highest BCUT2D eigenvalue weighted by atomic mass is 31.1. The standard InChI is InChI=1S/C17H18O6P2/c1-3-7-14(8-4-1)21-17(22-15-9-5-2-6-10-15)16(13-20-25-23-17)11-18-24-19-12-16/h1-10,24-25H,11-13H2. The largest absolute Gasteiger partial charge is 0.429 e. The molecule has 0 amide bonds. The number of rotatable bonds is 4. The minimum absolute atomic E-state index is 0.00807. The van der Waals surface area contributed by atoms with Gasteiger partial charge in [-0.15, -0.1) is 0 Å². The van der Waals surface area contributed by atoms with Crippen LogP contribution in [-0.2, 0) is 18.1 Å². The topological polar surface area (TPSA) is 55.4 Å². The molecule has 2 aromatic carbocycles. The molecule has 1 atom stereocenters. The van der Waals surface area contributed by atoms with E-state index in [0.29, 0.717) is 31.3 Å². The SMILES string of the molecule is c1ccc(OC2(Oc3ccccc3)OPOCC23COPOC3)cc1. The predicted molar refractivity (Wildman–Crippen MR) is 94.9 cm³/mol. The van der Waals surface area contributed by atoms with Gasteiger partial charge in [-0.1, -0.05) is 36.4 Å². The third-order valence-electron chi connectivity index (χ3n) is 4.04. The summed E-state index contributed by atoms with van der Waals surface area (Å²) in [6.45, 7) is 1.07. The highest BCUT2D eigenvalue weighted by Gasteiger charge is 2.63. The van der Waals surface area contributed by atoms with Gasteiger partial charge in [0, 0.05) is 0 Å². The number of benzene rings is 2. The lowest BCUT2D eigenvalue weighted by Gasteiger charge is -2.50. The summed E-state index contributed by atoms with van der Waals surface area (Å²) in [7, 11) is -0.212. The summed E-state index contributed by atoms with van der Waals surface area (Å²) >= 11 is 0. The van der Waals surface area contributed by atoms with Crippen LogP contribution in [0.25, 0.3) is 0 Å². The van der Waals surface area contributed by atoms with Gasteiger partial charge in [-0.3, -0.25) is 4.52 Å². The van der Waals surface area contributed by atoms with Gasteiger partial charge in [-0.05, 0) is 24.3 Å². The maximum absolute atomic E-state index is 6.27. The van der Waals surface area contributed by atoms with Crippen LogP contribution in [0.4, 0.5) is 0 Å². The summed E-state index contributed by atoms with van der Waals surface area (Å²) in [4.78, 5) is 0. The first kappa shape index (κ1) is 17.2. The van der Waals surface area contributed by atoms with Gasteiger partial charge in [0.05, 0.1) is 19.8 Å². The number of ether oxygens (including phenoxy) is 2. The van der Waals surface area contributed by atoms with Crippen molar-refractivity contribution in [2.24, 2.45) is 5.41 Å². The van der Waals surface area contributed by atoms with Crippen molar-refractivity contribution in [3.63, 3.8) is 0 Å². The van der Waals surface area contributed by atoms with E-state index in [2.05, 4.69) is 0 Å². The van der Waals surface area contributed by atoms with Crippen molar-refractivity contribution < 1.29 is 27.6 Å². The Labute approximate surface area is 149 Å². The van der Waals surface area contributed by atoms with Crippen LogP contribution in [0.1, 0.15) is 0 Å². The molecule has 4 rings (SSSR count). The molecule has 25 heavy (non-hydrogen) atoms. The first-order valence-electron chi connectivity index (χ1n) is 7.84. The fraction of sp³-hybridized carbons (Fsp3) is 0.294. The minimum atomic E-state index is -1.41. The van der Waals surface area contributed by atoms with Gasteiger partial charge >= 0.3 is 5.97 Å². The van der Waals surface area contributed by atoms with Crippen LogP contribution in [0.5, 0.6) is 11.5 Å². The molecule has 2 aliphatic heterocycles. The van der Waals surface area contributed by atoms with Crippen molar-refractivity contribution in [2.75, 3.05) is 19.8 Å². The quantitative estimate of drug-likeness (QED) is 0.593. The molecule has 6 nitrogen and oxygen atoms in total. The maximum atomic E-state index is 6.27. The summed E-state index contributed by atoms with van der Waals surface area (Å²) < 4.78 is 35.2. The molecular formula is C17H18O6P2. The fourth-order valence-electron chi connectivity index (χ4n) is 2.69. The average molecular weight is 380 g/mol. The summed E-state index contributed by atoms with van der Waals surface area (Å²) in [5, 5.41) is 0. The van der Waals surface area contributed by atoms with E-state index < -0.39 is 11.4 Å². The number of hydrogen-bond donors (Lipinski definition) is 0. The molecule has 2 aliphatic rings. The van der Waals surface area contributed by atoms with Gasteiger partial charge in [0.25, 0.3) is 0 Å². The van der Waals surface area contributed by atoms with Gasteiger partial charge in [0.2, 0.25) is 0 Å². The van der Waals surface area contributed by atoms with Crippen LogP contribution in [0, 0.1) is 5.41 Å². The second-order valence-electron chi connectivity index (χ2n) is 5.80. The second-order valence-corrected chi connectivity index (χ2v) is 7.20. The van der Waals surface area contributed by atoms with Gasteiger partial charge < -0.3 is 23.0 Å². The predicted octanol–water partition coefficient (Wildman–Crippen LogP) is 3.90. The van der Waals surface area contributed by atoms with Crippen LogP contribution >= 0.6 is 18.1 Å². The Balaban J connectivity index is 1.73. The van der Waals surface area contributed by atoms with Crippen molar-refractivity contribution in [2.45, 2.75) is 5.97 Å². The van der Waals surface area contributed by atoms with E-state index in [-0.39, 0.29) is 18.1 Å². The van der Waals surface area contributed by atoms with E-state index in [9.17, 15) is 0 Å². The van der Waals surface area contributed by atoms with E-state index >= 15 is 0 Å². The van der Waals surface area contributed by atoms with Crippen molar-refractivity contribution in [3.05, 3.63) is 60.7 Å². The Morgan fingerprint density at radius 1 is 0.680 bits per heavy atom. The molecule has 2 saturated heterocycles. The summed E-state index contributed by atoms with van der Waals surface area (Å²) in [5.41, 5.74) is -0.741. The van der Waals surface area contributed by atoms with Gasteiger partial charge in [-0.25, -0.2) is 0 Å². The first-order valence-corrected chi connectivity index (χ1v) is 9.47. The lowest BCUT2D eigenvalue weighted by molar-refractivity contribution is -0.351. The molecule has 0 saturated carbocycles. The minimum Gasteiger partial charge on any atom is -0.429 e. The Morgan fingerprint density at radius 3 is 1.68 bits per heavy atom. The molecule has 1 unspecified atom stereocenters. The lowest BCUT2D eigenvalue weighted by Crippen LogP contribution is -2.65. The Kier molecular flexibility index (Phi) is 5.18. The highest BCUT2D eigenvalue weighted by Crippen LogP contribution is 2.51. The molecule has 0 N–H and O–H groups in total. The van der Waals surface area contributed by atoms with Crippen LogP contribution in [0.15, 0.2) is 60.7 Å². The van der Waals surface area contributed by atoms with E-state index in [1.165, 1.54) is 0 Å². The molecule has 0 radical (unpaired) electrons. The van der Waals surface area contributed by atoms with Crippen LogP contribution in [0.3, 0.4) is 0 Å². The molecule has 2 heterocycles. The summed E-state index contributed by atoms with van der Waals surface area (Å²) in [5.74, 6) is -0.132. The molecule has 0 aromatic heterocycles. The first-order chi connectivity index (χ1) is 12.3. The summed E-state index contributed by atoms with van der Waals surface area (Å²) in [6, 6.07) is 18.9. The molecular weight excluding hydrogens is 362 g/mol. The van der Waals surface area contributed by atoms with E-state index in [1.54, 1.807) is 0 Å². The summed E-state index contributed by atoms with van der Waals surface area (Å²) in [6.07, 6.45) is 0. The Bertz CT molecular complexity index is 628. The van der Waals surface area contributed by atoms with Crippen molar-refractivity contribution >= 4 is 18.1 Å². The molecule has 0 aliphatic carbocycles. The number of para-hydroxylation sites is 2. The zero-order valence-corrected chi connectivity index (χ0v) is 15.3. The van der Waals surface area contributed by atoms with Gasteiger partial charge in [-0.2, -0.15) is 0 Å². The Morgan fingerprint density at radius 2 is 1.16 bits per heavy atom. The average Bonchev–Trinajstić information content (AvgIpc) is 2.67. The van der Waals surface area contributed by atoms with Crippen molar-refractivity contribution in [1.29, 1.82) is 0 Å². The normalized spacial score (nSPS) is 27.4. The third-order valence-corrected chi connectivity index (χ3v) is 5.18. The molecule has 2 aromatic rings. The third kappa shape index (κ3) is 3.52. The molecule has 132 valence electrons. The zero-order chi connectivity index (χ0) is 17.0. The van der Waals surface area contributed by atoms with E-state index in [4.69, 9.17) is 27.6 Å². The van der Waals surface area contributed by atoms with Crippen LogP contribution in [-0.4, -0.2) is 25.8 Å². The maximum Gasteiger partial charge on any atom is 0.389 e. The van der Waals surface area contributed by atoms with Crippen LogP contribution in [0.2, 0.25) is 0 Å². The van der Waals surface area contributed by atoms with Crippen LogP contribution < -0.4 is 9.47 Å². The van der Waals surface area contributed by atoms with Crippen molar-refractivity contribution in [1.82, 2.24) is 0 Å². The van der Waals surface area contributed by atoms with Gasteiger partial charge in [0.15, 0.2) is 18.1 Å². The monoisotopic (exact) mass is 380 g/mol. The van der Waals surface area contributed by atoms with E-state index in [0.717, 1.165) is 0 Å². The number of hydrogen-bond acceptors (Lipinski definition) is 6. The van der Waals surface area contributed by atoms with E-state index in [1.807, 2.05) is 60.7 Å². The van der Waals surface area contributed by atoms with Gasteiger partial charge in [0.1, 0.15) is 16.9 Å². The molecule has 8 heteroatoms. The lowest BCUT2D eigenvalue weighted by atomic mass is 9.87. The smallest absolute Gasteiger partial charge is 0.389 e. The highest BCUT2D eigenvalue weighted by molar-refractivity contribution is 7.26. The zero-order valence-electron chi connectivity index (χ0n) is 13.3. The Hall–Kier alpha value is -1.26. The van der Waals surface area contributed by atoms with Crippen molar-refractivity contribution in [3.8, 4) is 11.5 Å². The second kappa shape index (κ2) is 7.55. The fourth-order valence-corrected chi connectivity index (χ4v) is 4.25. The molecule has 1 spiro atoms.